The van der Waals surface area contributed by atoms with Crippen LogP contribution in [0.15, 0.2) is 6.33 Å². The zero-order valence-electron chi connectivity index (χ0n) is 9.19. The molecule has 0 unspecified atom stereocenters. The Morgan fingerprint density at radius 2 is 2.14 bits per heavy atom. The first kappa shape index (κ1) is 9.65. The molecule has 1 aromatic heterocycles. The second kappa shape index (κ2) is 3.35. The van der Waals surface area contributed by atoms with Gasteiger partial charge in [-0.1, -0.05) is 20.8 Å². The Labute approximate surface area is 84.9 Å². The maximum atomic E-state index is 4.11. The summed E-state index contributed by atoms with van der Waals surface area (Å²) in [5.74, 6) is 1.10. The van der Waals surface area contributed by atoms with Gasteiger partial charge in [0.2, 0.25) is 0 Å². The Hall–Kier alpha value is -0.900. The molecule has 1 aromatic rings. The van der Waals surface area contributed by atoms with E-state index in [2.05, 4.69) is 40.4 Å². The van der Waals surface area contributed by atoms with Crippen molar-refractivity contribution in [3.8, 4) is 0 Å². The number of hydrogen-bond donors (Lipinski definition) is 0. The van der Waals surface area contributed by atoms with Gasteiger partial charge in [0.15, 0.2) is 0 Å². The molecule has 0 N–H and O–H groups in total. The largest absolute Gasteiger partial charge is 0.315 e. The number of hydrogen-bond acceptors (Lipinski definition) is 3. The molecule has 14 heavy (non-hydrogen) atoms. The maximum Gasteiger partial charge on any atom is 0.147 e. The van der Waals surface area contributed by atoms with E-state index in [-0.39, 0.29) is 0 Å². The molecule has 0 bridgehead atoms. The standard InChI is InChI=1S/C10H18N4/c1-10(2,3)7-13-4-5-14-8-11-12-9(14)6-13/h8H,4-7H2,1-3H3. The quantitative estimate of drug-likeness (QED) is 0.672. The summed E-state index contributed by atoms with van der Waals surface area (Å²) in [6.07, 6.45) is 1.82. The van der Waals surface area contributed by atoms with Crippen molar-refractivity contribution in [2.24, 2.45) is 5.41 Å². The van der Waals surface area contributed by atoms with Crippen molar-refractivity contribution in [1.82, 2.24) is 19.7 Å². The summed E-state index contributed by atoms with van der Waals surface area (Å²) in [6.45, 7) is 11.0. The summed E-state index contributed by atoms with van der Waals surface area (Å²) in [7, 11) is 0. The van der Waals surface area contributed by atoms with E-state index in [0.29, 0.717) is 5.41 Å². The molecular weight excluding hydrogens is 176 g/mol. The van der Waals surface area contributed by atoms with E-state index in [9.17, 15) is 0 Å². The molecule has 0 spiro atoms. The molecular formula is C10H18N4. The van der Waals surface area contributed by atoms with Crippen LogP contribution < -0.4 is 0 Å². The van der Waals surface area contributed by atoms with Crippen LogP contribution in [-0.4, -0.2) is 32.8 Å². The number of rotatable bonds is 1. The van der Waals surface area contributed by atoms with E-state index in [0.717, 1.165) is 32.0 Å². The van der Waals surface area contributed by atoms with Gasteiger partial charge in [0.25, 0.3) is 0 Å². The minimum Gasteiger partial charge on any atom is -0.315 e. The molecule has 4 nitrogen and oxygen atoms in total. The summed E-state index contributed by atoms with van der Waals surface area (Å²) in [6, 6.07) is 0. The van der Waals surface area contributed by atoms with Crippen molar-refractivity contribution in [2.75, 3.05) is 13.1 Å². The molecule has 78 valence electrons. The van der Waals surface area contributed by atoms with Crippen molar-refractivity contribution in [3.05, 3.63) is 12.2 Å². The van der Waals surface area contributed by atoms with Gasteiger partial charge in [0.05, 0.1) is 6.54 Å². The van der Waals surface area contributed by atoms with Crippen LogP contribution in [0.5, 0.6) is 0 Å². The van der Waals surface area contributed by atoms with Crippen molar-refractivity contribution in [3.63, 3.8) is 0 Å². The Bertz CT molecular complexity index is 310. The summed E-state index contributed by atoms with van der Waals surface area (Å²) in [5.41, 5.74) is 0.363. The smallest absolute Gasteiger partial charge is 0.147 e. The molecule has 0 saturated carbocycles. The first-order valence-corrected chi connectivity index (χ1v) is 5.14. The normalized spacial score (nSPS) is 18.2. The van der Waals surface area contributed by atoms with Gasteiger partial charge in [-0.3, -0.25) is 4.90 Å². The Morgan fingerprint density at radius 3 is 2.86 bits per heavy atom. The van der Waals surface area contributed by atoms with Crippen molar-refractivity contribution >= 4 is 0 Å². The van der Waals surface area contributed by atoms with Gasteiger partial charge < -0.3 is 4.57 Å². The van der Waals surface area contributed by atoms with E-state index in [4.69, 9.17) is 0 Å². The number of nitrogens with zero attached hydrogens (tertiary/aromatic N) is 4. The monoisotopic (exact) mass is 194 g/mol. The van der Waals surface area contributed by atoms with Crippen LogP contribution in [0.3, 0.4) is 0 Å². The van der Waals surface area contributed by atoms with Crippen LogP contribution in [0.25, 0.3) is 0 Å². The van der Waals surface area contributed by atoms with Crippen molar-refractivity contribution in [2.45, 2.75) is 33.9 Å². The fraction of sp³-hybridized carbons (Fsp3) is 0.800. The SMILES string of the molecule is CC(C)(C)CN1CCn2cnnc2C1. The average molecular weight is 194 g/mol. The molecule has 2 rings (SSSR count). The van der Waals surface area contributed by atoms with E-state index >= 15 is 0 Å². The van der Waals surface area contributed by atoms with E-state index in [1.165, 1.54) is 0 Å². The Balaban J connectivity index is 2.01. The first-order valence-electron chi connectivity index (χ1n) is 5.14. The van der Waals surface area contributed by atoms with Crippen molar-refractivity contribution in [1.29, 1.82) is 0 Å². The van der Waals surface area contributed by atoms with Gasteiger partial charge >= 0.3 is 0 Å². The Kier molecular flexibility index (Phi) is 2.31. The molecule has 0 saturated heterocycles. The molecule has 0 aromatic carbocycles. The van der Waals surface area contributed by atoms with Crippen LogP contribution in [0, 0.1) is 5.41 Å². The predicted molar refractivity (Wildman–Crippen MR) is 54.8 cm³/mol. The predicted octanol–water partition coefficient (Wildman–Crippen LogP) is 1.14. The van der Waals surface area contributed by atoms with E-state index < -0.39 is 0 Å². The highest BCUT2D eigenvalue weighted by Gasteiger charge is 2.21. The maximum absolute atomic E-state index is 4.11. The third kappa shape index (κ3) is 2.12. The van der Waals surface area contributed by atoms with Gasteiger partial charge in [0.1, 0.15) is 12.2 Å². The summed E-state index contributed by atoms with van der Waals surface area (Å²) < 4.78 is 2.14. The molecule has 0 atom stereocenters. The first-order chi connectivity index (χ1) is 6.54. The van der Waals surface area contributed by atoms with Gasteiger partial charge in [0, 0.05) is 19.6 Å². The van der Waals surface area contributed by atoms with Crippen LogP contribution in [-0.2, 0) is 13.1 Å². The lowest BCUT2D eigenvalue weighted by Crippen LogP contribution is -2.38. The zero-order valence-corrected chi connectivity index (χ0v) is 9.19. The fourth-order valence-electron chi connectivity index (χ4n) is 1.92. The van der Waals surface area contributed by atoms with Crippen LogP contribution in [0.2, 0.25) is 0 Å². The lowest BCUT2D eigenvalue weighted by atomic mass is 9.96. The van der Waals surface area contributed by atoms with Gasteiger partial charge in [-0.25, -0.2) is 0 Å². The molecule has 0 amide bonds. The second-order valence-corrected chi connectivity index (χ2v) is 5.21. The fourth-order valence-corrected chi connectivity index (χ4v) is 1.92. The van der Waals surface area contributed by atoms with Gasteiger partial charge in [-0.05, 0) is 5.41 Å². The summed E-state index contributed by atoms with van der Waals surface area (Å²) in [5, 5.41) is 8.03. The summed E-state index contributed by atoms with van der Waals surface area (Å²) in [4.78, 5) is 2.45. The van der Waals surface area contributed by atoms with E-state index in [1.807, 2.05) is 6.33 Å². The molecule has 4 heteroatoms. The highest BCUT2D eigenvalue weighted by atomic mass is 15.3. The minimum absolute atomic E-state index is 0.363. The van der Waals surface area contributed by atoms with Gasteiger partial charge in [-0.2, -0.15) is 0 Å². The second-order valence-electron chi connectivity index (χ2n) is 5.21. The highest BCUT2D eigenvalue weighted by molar-refractivity contribution is 4.90. The van der Waals surface area contributed by atoms with Gasteiger partial charge in [-0.15, -0.1) is 10.2 Å². The third-order valence-electron chi connectivity index (χ3n) is 2.42. The van der Waals surface area contributed by atoms with E-state index in [1.54, 1.807) is 0 Å². The molecule has 1 aliphatic heterocycles. The topological polar surface area (TPSA) is 34.0 Å². The molecule has 1 aliphatic rings. The summed E-state index contributed by atoms with van der Waals surface area (Å²) >= 11 is 0. The minimum atomic E-state index is 0.363. The molecule has 0 fully saturated rings. The lowest BCUT2D eigenvalue weighted by Gasteiger charge is -2.32. The lowest BCUT2D eigenvalue weighted by molar-refractivity contribution is 0.154. The molecule has 0 radical (unpaired) electrons. The van der Waals surface area contributed by atoms with Crippen LogP contribution >= 0.6 is 0 Å². The third-order valence-corrected chi connectivity index (χ3v) is 2.42. The van der Waals surface area contributed by atoms with Crippen LogP contribution in [0.1, 0.15) is 26.6 Å². The van der Waals surface area contributed by atoms with Crippen LogP contribution in [0.4, 0.5) is 0 Å². The number of fused-ring (bicyclic) bond motifs is 1. The molecule has 0 aliphatic carbocycles. The highest BCUT2D eigenvalue weighted by Crippen LogP contribution is 2.18. The average Bonchev–Trinajstić information content (AvgIpc) is 2.47. The zero-order chi connectivity index (χ0) is 10.2. The Morgan fingerprint density at radius 1 is 1.36 bits per heavy atom. The van der Waals surface area contributed by atoms with Crippen molar-refractivity contribution < 1.29 is 0 Å². The molecule has 2 heterocycles. The number of aromatic nitrogens is 3.